The van der Waals surface area contributed by atoms with E-state index >= 15 is 0 Å². The molecule has 0 unspecified atom stereocenters. The molecule has 58 valence electrons. The SMILES string of the molecule is C.C.C1CC[CH2][Cr][CH2]C1. The van der Waals surface area contributed by atoms with E-state index in [0.29, 0.717) is 0 Å². The zero-order chi connectivity index (χ0) is 4.95. The van der Waals surface area contributed by atoms with Crippen molar-refractivity contribution in [1.82, 2.24) is 0 Å². The molecule has 0 amide bonds. The van der Waals surface area contributed by atoms with Crippen LogP contribution in [0.1, 0.15) is 40.5 Å². The minimum atomic E-state index is 0. The van der Waals surface area contributed by atoms with E-state index in [1.54, 1.807) is 10.6 Å². The summed E-state index contributed by atoms with van der Waals surface area (Å²) in [5.41, 5.74) is 0. The first-order chi connectivity index (χ1) is 3.50. The second kappa shape index (κ2) is 8.53. The van der Waals surface area contributed by atoms with Crippen LogP contribution in [0.2, 0.25) is 10.6 Å². The molecule has 1 heteroatoms. The molecule has 0 atom stereocenters. The summed E-state index contributed by atoms with van der Waals surface area (Å²) in [4.78, 5) is 0. The van der Waals surface area contributed by atoms with Crippen LogP contribution in [0.25, 0.3) is 0 Å². The molecule has 0 aromatic heterocycles. The van der Waals surface area contributed by atoms with E-state index in [0.717, 1.165) is 15.2 Å². The van der Waals surface area contributed by atoms with Crippen molar-refractivity contribution in [3.05, 3.63) is 0 Å². The number of rotatable bonds is 0. The van der Waals surface area contributed by atoms with E-state index in [9.17, 15) is 0 Å². The van der Waals surface area contributed by atoms with Crippen LogP contribution in [-0.4, -0.2) is 0 Å². The number of hydrogen-bond acceptors (Lipinski definition) is 0. The first-order valence-electron chi connectivity index (χ1n) is 3.08. The van der Waals surface area contributed by atoms with Gasteiger partial charge in [-0.3, -0.25) is 0 Å². The molecule has 1 aliphatic rings. The van der Waals surface area contributed by atoms with Crippen LogP contribution in [0, 0.1) is 0 Å². The van der Waals surface area contributed by atoms with Gasteiger partial charge in [0, 0.05) is 0 Å². The van der Waals surface area contributed by atoms with Crippen LogP contribution in [0.15, 0.2) is 0 Å². The Morgan fingerprint density at radius 2 is 1.11 bits per heavy atom. The van der Waals surface area contributed by atoms with Gasteiger partial charge >= 0.3 is 51.5 Å². The molecule has 0 nitrogen and oxygen atoms in total. The molecule has 0 aromatic carbocycles. The maximum absolute atomic E-state index is 1.56. The summed E-state index contributed by atoms with van der Waals surface area (Å²) in [7, 11) is 0. The van der Waals surface area contributed by atoms with Crippen molar-refractivity contribution in [2.24, 2.45) is 0 Å². The van der Waals surface area contributed by atoms with Gasteiger partial charge in [-0.2, -0.15) is 0 Å². The van der Waals surface area contributed by atoms with Gasteiger partial charge in [-0.1, -0.05) is 14.9 Å². The molecule has 1 fully saturated rings. The molecule has 0 aromatic rings. The zero-order valence-electron chi connectivity index (χ0n) is 4.65. The average molecular weight is 168 g/mol. The molecular formula is C8H20Cr. The zero-order valence-corrected chi connectivity index (χ0v) is 5.93. The van der Waals surface area contributed by atoms with Crippen molar-refractivity contribution in [2.75, 3.05) is 0 Å². The van der Waals surface area contributed by atoms with Crippen LogP contribution in [0.5, 0.6) is 0 Å². The maximum atomic E-state index is 1.56. The Kier molecular flexibility index (Phi) is 11.6. The molecule has 1 rings (SSSR count). The van der Waals surface area contributed by atoms with Gasteiger partial charge in [-0.25, -0.2) is 0 Å². The van der Waals surface area contributed by atoms with Crippen molar-refractivity contribution >= 4 is 0 Å². The standard InChI is InChI=1S/C6H12.2CH4.Cr/c1-3-5-6-4-2;;;/h1-6H2;2*1H4;. The minimum absolute atomic E-state index is 0. The van der Waals surface area contributed by atoms with E-state index in [1.807, 2.05) is 0 Å². The van der Waals surface area contributed by atoms with Gasteiger partial charge in [-0.15, -0.1) is 0 Å². The third-order valence-electron chi connectivity index (χ3n) is 1.33. The van der Waals surface area contributed by atoms with Gasteiger partial charge in [0.25, 0.3) is 0 Å². The fourth-order valence-electron chi connectivity index (χ4n) is 0.864. The third kappa shape index (κ3) is 6.42. The predicted molar refractivity (Wildman–Crippen MR) is 41.5 cm³/mol. The van der Waals surface area contributed by atoms with E-state index < -0.39 is 0 Å². The summed E-state index contributed by atoms with van der Waals surface area (Å²) in [5, 5.41) is 3.12. The summed E-state index contributed by atoms with van der Waals surface area (Å²) in [6.07, 6.45) is 6.09. The summed E-state index contributed by atoms with van der Waals surface area (Å²) in [6.45, 7) is 0. The van der Waals surface area contributed by atoms with Gasteiger partial charge in [0.05, 0.1) is 0 Å². The van der Waals surface area contributed by atoms with Crippen molar-refractivity contribution in [2.45, 2.75) is 51.1 Å². The monoisotopic (exact) mass is 168 g/mol. The van der Waals surface area contributed by atoms with Gasteiger partial charge in [0.15, 0.2) is 0 Å². The van der Waals surface area contributed by atoms with Crippen LogP contribution in [0.3, 0.4) is 0 Å². The quantitative estimate of drug-likeness (QED) is 0.516. The van der Waals surface area contributed by atoms with E-state index in [4.69, 9.17) is 0 Å². The first-order valence-corrected chi connectivity index (χ1v) is 4.88. The van der Waals surface area contributed by atoms with Crippen LogP contribution in [-0.2, 0) is 15.2 Å². The van der Waals surface area contributed by atoms with Gasteiger partial charge < -0.3 is 0 Å². The molecule has 1 aliphatic heterocycles. The molecule has 0 radical (unpaired) electrons. The fraction of sp³-hybridized carbons (Fsp3) is 1.00. The molecule has 0 saturated carbocycles. The Morgan fingerprint density at radius 1 is 0.667 bits per heavy atom. The third-order valence-corrected chi connectivity index (χ3v) is 3.13. The summed E-state index contributed by atoms with van der Waals surface area (Å²) >= 11 is 1.04. The molecule has 0 aliphatic carbocycles. The van der Waals surface area contributed by atoms with Gasteiger partial charge in [-0.05, 0) is 0 Å². The van der Waals surface area contributed by atoms with Crippen LogP contribution in [0.4, 0.5) is 0 Å². The van der Waals surface area contributed by atoms with Crippen molar-refractivity contribution < 1.29 is 15.2 Å². The van der Waals surface area contributed by atoms with Crippen LogP contribution >= 0.6 is 0 Å². The molecule has 9 heavy (non-hydrogen) atoms. The van der Waals surface area contributed by atoms with E-state index in [1.165, 1.54) is 25.7 Å². The molecular weight excluding hydrogens is 148 g/mol. The molecule has 1 heterocycles. The second-order valence-corrected chi connectivity index (χ2v) is 3.94. The van der Waals surface area contributed by atoms with Crippen LogP contribution < -0.4 is 0 Å². The van der Waals surface area contributed by atoms with E-state index in [-0.39, 0.29) is 14.9 Å². The summed E-state index contributed by atoms with van der Waals surface area (Å²) in [6, 6.07) is 0. The Morgan fingerprint density at radius 3 is 1.56 bits per heavy atom. The average Bonchev–Trinajstić information content (AvgIpc) is 1.90. The second-order valence-electron chi connectivity index (χ2n) is 2.03. The van der Waals surface area contributed by atoms with Gasteiger partial charge in [0.1, 0.15) is 0 Å². The Labute approximate surface area is 66.8 Å². The Hall–Kier alpha value is 0.532. The molecule has 0 N–H and O–H groups in total. The topological polar surface area (TPSA) is 0 Å². The summed E-state index contributed by atoms with van der Waals surface area (Å²) in [5.74, 6) is 0. The predicted octanol–water partition coefficient (Wildman–Crippen LogP) is 3.75. The fourth-order valence-corrected chi connectivity index (χ4v) is 2.46. The van der Waals surface area contributed by atoms with Crippen molar-refractivity contribution in [1.29, 1.82) is 0 Å². The Bertz CT molecular complexity index is 24.2. The van der Waals surface area contributed by atoms with Crippen molar-refractivity contribution in [3.8, 4) is 0 Å². The van der Waals surface area contributed by atoms with Crippen molar-refractivity contribution in [3.63, 3.8) is 0 Å². The van der Waals surface area contributed by atoms with E-state index in [2.05, 4.69) is 0 Å². The summed E-state index contributed by atoms with van der Waals surface area (Å²) < 4.78 is 0. The van der Waals surface area contributed by atoms with Gasteiger partial charge in [0.2, 0.25) is 0 Å². The number of hydrogen-bond donors (Lipinski definition) is 0. The Balaban J connectivity index is 0. The molecule has 0 spiro atoms. The molecule has 1 saturated heterocycles. The molecule has 0 bridgehead atoms. The first kappa shape index (κ1) is 12.2. The normalized spacial score (nSPS) is 18.7.